The van der Waals surface area contributed by atoms with E-state index in [1.54, 1.807) is 11.3 Å². The number of thiophene rings is 1. The van der Waals surface area contributed by atoms with Crippen LogP contribution in [0.3, 0.4) is 0 Å². The lowest BCUT2D eigenvalue weighted by Crippen LogP contribution is -2.33. The van der Waals surface area contributed by atoms with Crippen LogP contribution in [0, 0.1) is 0 Å². The summed E-state index contributed by atoms with van der Waals surface area (Å²) in [4.78, 5) is 0. The SMILES string of the molecule is CCCNC(C)CC(C)(C)c1cscc1Br. The molecular weight excluding hydrogens is 282 g/mol. The zero-order chi connectivity index (χ0) is 12.2. The molecule has 16 heavy (non-hydrogen) atoms. The quantitative estimate of drug-likeness (QED) is 0.812. The van der Waals surface area contributed by atoms with Gasteiger partial charge in [0.25, 0.3) is 0 Å². The molecule has 1 atom stereocenters. The van der Waals surface area contributed by atoms with Crippen LogP contribution in [0.25, 0.3) is 0 Å². The largest absolute Gasteiger partial charge is 0.314 e. The van der Waals surface area contributed by atoms with Gasteiger partial charge in [-0.05, 0) is 58.6 Å². The first-order chi connectivity index (χ1) is 7.47. The molecule has 1 unspecified atom stereocenters. The second-order valence-electron chi connectivity index (χ2n) is 5.08. The zero-order valence-electron chi connectivity index (χ0n) is 10.6. The average molecular weight is 304 g/mol. The Kier molecular flexibility index (Phi) is 5.48. The fourth-order valence-corrected chi connectivity index (χ4v) is 4.13. The van der Waals surface area contributed by atoms with E-state index in [2.05, 4.69) is 59.7 Å². The van der Waals surface area contributed by atoms with Crippen LogP contribution in [-0.2, 0) is 5.41 Å². The van der Waals surface area contributed by atoms with Crippen LogP contribution in [0.15, 0.2) is 15.2 Å². The first-order valence-electron chi connectivity index (χ1n) is 5.93. The van der Waals surface area contributed by atoms with Gasteiger partial charge in [0.15, 0.2) is 0 Å². The van der Waals surface area contributed by atoms with Crippen molar-refractivity contribution in [3.8, 4) is 0 Å². The molecule has 0 saturated carbocycles. The maximum absolute atomic E-state index is 3.63. The minimum absolute atomic E-state index is 0.235. The summed E-state index contributed by atoms with van der Waals surface area (Å²) in [7, 11) is 0. The maximum Gasteiger partial charge on any atom is 0.0319 e. The van der Waals surface area contributed by atoms with Crippen molar-refractivity contribution in [3.63, 3.8) is 0 Å². The minimum atomic E-state index is 0.235. The van der Waals surface area contributed by atoms with Crippen molar-refractivity contribution < 1.29 is 0 Å². The van der Waals surface area contributed by atoms with Gasteiger partial charge < -0.3 is 5.32 Å². The van der Waals surface area contributed by atoms with Gasteiger partial charge in [-0.25, -0.2) is 0 Å². The Hall–Kier alpha value is 0.140. The molecule has 0 fully saturated rings. The monoisotopic (exact) mass is 303 g/mol. The van der Waals surface area contributed by atoms with Crippen LogP contribution in [0.2, 0.25) is 0 Å². The molecule has 0 radical (unpaired) electrons. The highest BCUT2D eigenvalue weighted by molar-refractivity contribution is 9.10. The fraction of sp³-hybridized carbons (Fsp3) is 0.692. The zero-order valence-corrected chi connectivity index (χ0v) is 13.0. The van der Waals surface area contributed by atoms with Crippen molar-refractivity contribution >= 4 is 27.3 Å². The molecule has 1 rings (SSSR count). The van der Waals surface area contributed by atoms with Gasteiger partial charge in [0.05, 0.1) is 0 Å². The van der Waals surface area contributed by atoms with E-state index < -0.39 is 0 Å². The third kappa shape index (κ3) is 3.86. The summed E-state index contributed by atoms with van der Waals surface area (Å²) in [5.74, 6) is 0. The maximum atomic E-state index is 3.63. The van der Waals surface area contributed by atoms with E-state index in [4.69, 9.17) is 0 Å². The van der Waals surface area contributed by atoms with Gasteiger partial charge in [0.1, 0.15) is 0 Å². The molecule has 92 valence electrons. The van der Waals surface area contributed by atoms with Gasteiger partial charge in [0.2, 0.25) is 0 Å². The summed E-state index contributed by atoms with van der Waals surface area (Å²) in [5, 5.41) is 7.99. The van der Waals surface area contributed by atoms with Gasteiger partial charge in [0, 0.05) is 15.9 Å². The molecule has 0 amide bonds. The first-order valence-corrected chi connectivity index (χ1v) is 7.66. The summed E-state index contributed by atoms with van der Waals surface area (Å²) in [6.07, 6.45) is 2.37. The second kappa shape index (κ2) is 6.18. The highest BCUT2D eigenvalue weighted by Gasteiger charge is 2.25. The molecule has 1 aromatic heterocycles. The van der Waals surface area contributed by atoms with Crippen molar-refractivity contribution in [2.45, 2.75) is 52.0 Å². The van der Waals surface area contributed by atoms with E-state index in [9.17, 15) is 0 Å². The highest BCUT2D eigenvalue weighted by Crippen LogP contribution is 2.36. The van der Waals surface area contributed by atoms with Crippen LogP contribution < -0.4 is 5.32 Å². The normalized spacial score (nSPS) is 14.1. The van der Waals surface area contributed by atoms with E-state index in [-0.39, 0.29) is 5.41 Å². The molecule has 0 aliphatic carbocycles. The van der Waals surface area contributed by atoms with E-state index in [0.29, 0.717) is 6.04 Å². The van der Waals surface area contributed by atoms with Gasteiger partial charge in [-0.2, -0.15) is 11.3 Å². The molecule has 0 aliphatic heterocycles. The average Bonchev–Trinajstić information content (AvgIpc) is 2.61. The topological polar surface area (TPSA) is 12.0 Å². The van der Waals surface area contributed by atoms with Gasteiger partial charge in [-0.3, -0.25) is 0 Å². The van der Waals surface area contributed by atoms with E-state index in [1.807, 2.05) is 0 Å². The number of nitrogens with one attached hydrogen (secondary N) is 1. The molecule has 0 aliphatic rings. The number of hydrogen-bond acceptors (Lipinski definition) is 2. The molecule has 0 bridgehead atoms. The van der Waals surface area contributed by atoms with E-state index in [0.717, 1.165) is 6.54 Å². The Morgan fingerprint density at radius 2 is 2.12 bits per heavy atom. The molecule has 1 N–H and O–H groups in total. The fourth-order valence-electron chi connectivity index (χ4n) is 2.10. The molecular formula is C13H22BrNS. The van der Waals surface area contributed by atoms with Crippen LogP contribution in [0.5, 0.6) is 0 Å². The van der Waals surface area contributed by atoms with Crippen LogP contribution in [0.1, 0.15) is 46.1 Å². The highest BCUT2D eigenvalue weighted by atomic mass is 79.9. The predicted octanol–water partition coefficient (Wildman–Crippen LogP) is 4.57. The third-order valence-electron chi connectivity index (χ3n) is 2.90. The molecule has 0 aromatic carbocycles. The summed E-state index contributed by atoms with van der Waals surface area (Å²) < 4.78 is 1.25. The van der Waals surface area contributed by atoms with Crippen LogP contribution >= 0.6 is 27.3 Å². The standard InChI is InChI=1S/C13H22BrNS/c1-5-6-15-10(2)7-13(3,4)11-8-16-9-12(11)14/h8-10,15H,5-7H2,1-4H3. The Morgan fingerprint density at radius 3 is 2.62 bits per heavy atom. The van der Waals surface area contributed by atoms with Crippen molar-refractivity contribution in [3.05, 3.63) is 20.8 Å². The molecule has 0 saturated heterocycles. The number of hydrogen-bond donors (Lipinski definition) is 1. The first kappa shape index (κ1) is 14.2. The Bertz CT molecular complexity index is 319. The smallest absolute Gasteiger partial charge is 0.0319 e. The van der Waals surface area contributed by atoms with E-state index in [1.165, 1.54) is 22.9 Å². The summed E-state index contributed by atoms with van der Waals surface area (Å²) in [5.41, 5.74) is 1.67. The molecule has 1 aromatic rings. The third-order valence-corrected chi connectivity index (χ3v) is 4.61. The molecule has 0 spiro atoms. The van der Waals surface area contributed by atoms with Crippen LogP contribution in [-0.4, -0.2) is 12.6 Å². The van der Waals surface area contributed by atoms with Crippen molar-refractivity contribution in [2.75, 3.05) is 6.54 Å². The van der Waals surface area contributed by atoms with Crippen LogP contribution in [0.4, 0.5) is 0 Å². The lowest BCUT2D eigenvalue weighted by atomic mass is 9.81. The molecule has 3 heteroatoms. The second-order valence-corrected chi connectivity index (χ2v) is 6.67. The molecule has 1 heterocycles. The number of halogens is 1. The lowest BCUT2D eigenvalue weighted by molar-refractivity contribution is 0.389. The van der Waals surface area contributed by atoms with Gasteiger partial charge in [-0.1, -0.05) is 20.8 Å². The van der Waals surface area contributed by atoms with E-state index >= 15 is 0 Å². The van der Waals surface area contributed by atoms with Gasteiger partial charge in [-0.15, -0.1) is 0 Å². The van der Waals surface area contributed by atoms with Crippen molar-refractivity contribution in [1.82, 2.24) is 5.32 Å². The number of rotatable bonds is 6. The summed E-state index contributed by atoms with van der Waals surface area (Å²) >= 11 is 5.41. The predicted molar refractivity (Wildman–Crippen MR) is 77.4 cm³/mol. The Balaban J connectivity index is 2.61. The Morgan fingerprint density at radius 1 is 1.44 bits per heavy atom. The Labute approximate surface area is 112 Å². The van der Waals surface area contributed by atoms with Gasteiger partial charge >= 0.3 is 0 Å². The summed E-state index contributed by atoms with van der Waals surface area (Å²) in [6, 6.07) is 0.571. The van der Waals surface area contributed by atoms with Crippen molar-refractivity contribution in [2.24, 2.45) is 0 Å². The van der Waals surface area contributed by atoms with Crippen molar-refractivity contribution in [1.29, 1.82) is 0 Å². The lowest BCUT2D eigenvalue weighted by Gasteiger charge is -2.28. The summed E-state index contributed by atoms with van der Waals surface area (Å²) in [6.45, 7) is 10.2. The molecule has 1 nitrogen and oxygen atoms in total. The minimum Gasteiger partial charge on any atom is -0.314 e.